The van der Waals surface area contributed by atoms with Gasteiger partial charge in [-0.25, -0.2) is 9.67 Å². The smallest absolute Gasteiger partial charge is 0.241 e. The molecule has 2 aromatic heterocycles. The Bertz CT molecular complexity index is 723. The maximum atomic E-state index is 12.2. The van der Waals surface area contributed by atoms with Crippen LogP contribution in [-0.2, 0) is 29.0 Å². The first kappa shape index (κ1) is 18.7. The molecular weight excluding hydrogens is 356 g/mol. The van der Waals surface area contributed by atoms with Crippen LogP contribution in [0.15, 0.2) is 5.38 Å². The molecule has 1 amide bonds. The van der Waals surface area contributed by atoms with Gasteiger partial charge >= 0.3 is 0 Å². The highest BCUT2D eigenvalue weighted by atomic mass is 32.1. The number of nitrogens with zero attached hydrogens (tertiary/aromatic N) is 6. The van der Waals surface area contributed by atoms with E-state index in [9.17, 15) is 4.79 Å². The molecule has 10 nitrogen and oxygen atoms in total. The van der Waals surface area contributed by atoms with Crippen molar-refractivity contribution in [3.63, 3.8) is 0 Å². The Labute approximate surface area is 155 Å². The molecule has 0 aromatic carbocycles. The molecule has 1 fully saturated rings. The molecule has 0 radical (unpaired) electrons. The summed E-state index contributed by atoms with van der Waals surface area (Å²) in [5.74, 6) is 0.541. The standard InChI is InChI=1S/C15H24N8O2S/c1-10-5-22(6-11(2)25-10)7-13-19-20-21-23(13)8-14(24)17-4-3-12-9-26-15(16)18-12/h9-11H,3-8H2,1-2H3,(H2,16,18)(H,17,24)/t10-,11+. The van der Waals surface area contributed by atoms with E-state index in [-0.39, 0.29) is 24.7 Å². The van der Waals surface area contributed by atoms with Gasteiger partial charge in [-0.3, -0.25) is 9.69 Å². The number of carbonyl (C=O) groups is 1. The molecule has 0 aliphatic carbocycles. The van der Waals surface area contributed by atoms with Crippen LogP contribution in [0.3, 0.4) is 0 Å². The third kappa shape index (κ3) is 5.19. The maximum absolute atomic E-state index is 12.2. The van der Waals surface area contributed by atoms with Gasteiger partial charge in [0.15, 0.2) is 11.0 Å². The molecule has 26 heavy (non-hydrogen) atoms. The second kappa shape index (κ2) is 8.52. The van der Waals surface area contributed by atoms with Crippen molar-refractivity contribution in [1.29, 1.82) is 0 Å². The molecule has 0 spiro atoms. The van der Waals surface area contributed by atoms with Crippen LogP contribution in [0.5, 0.6) is 0 Å². The van der Waals surface area contributed by atoms with Crippen LogP contribution in [0.2, 0.25) is 0 Å². The topological polar surface area (TPSA) is 124 Å². The number of nitrogen functional groups attached to an aromatic ring is 1. The number of amides is 1. The van der Waals surface area contributed by atoms with Gasteiger partial charge in [0.25, 0.3) is 0 Å². The van der Waals surface area contributed by atoms with Crippen molar-refractivity contribution in [3.8, 4) is 0 Å². The number of thiazole rings is 1. The van der Waals surface area contributed by atoms with E-state index in [4.69, 9.17) is 10.5 Å². The lowest BCUT2D eigenvalue weighted by Gasteiger charge is -2.34. The van der Waals surface area contributed by atoms with Gasteiger partial charge in [-0.05, 0) is 24.3 Å². The van der Waals surface area contributed by atoms with Crippen molar-refractivity contribution in [1.82, 2.24) is 35.4 Å². The number of nitrogens with one attached hydrogen (secondary N) is 1. The Morgan fingerprint density at radius 3 is 2.88 bits per heavy atom. The number of hydrogen-bond donors (Lipinski definition) is 2. The van der Waals surface area contributed by atoms with Crippen molar-refractivity contribution in [2.75, 3.05) is 25.4 Å². The molecule has 1 saturated heterocycles. The highest BCUT2D eigenvalue weighted by Gasteiger charge is 2.24. The summed E-state index contributed by atoms with van der Waals surface area (Å²) in [6, 6.07) is 0. The van der Waals surface area contributed by atoms with Crippen LogP contribution in [0.1, 0.15) is 25.4 Å². The quantitative estimate of drug-likeness (QED) is 0.670. The number of anilines is 1. The van der Waals surface area contributed by atoms with Gasteiger partial charge in [0.1, 0.15) is 6.54 Å². The number of aromatic nitrogens is 5. The number of carbonyl (C=O) groups excluding carboxylic acids is 1. The summed E-state index contributed by atoms with van der Waals surface area (Å²) in [5, 5.41) is 17.0. The molecule has 0 saturated carbocycles. The van der Waals surface area contributed by atoms with Crippen LogP contribution in [0, 0.1) is 0 Å². The Hall–Kier alpha value is -2.11. The first-order valence-electron chi connectivity index (χ1n) is 8.59. The fourth-order valence-electron chi connectivity index (χ4n) is 3.03. The van der Waals surface area contributed by atoms with Gasteiger partial charge in [-0.2, -0.15) is 0 Å². The van der Waals surface area contributed by atoms with Crippen LogP contribution in [0.25, 0.3) is 0 Å². The van der Waals surface area contributed by atoms with E-state index in [1.165, 1.54) is 11.3 Å². The number of rotatable bonds is 7. The first-order chi connectivity index (χ1) is 12.5. The fraction of sp³-hybridized carbons (Fsp3) is 0.667. The van der Waals surface area contributed by atoms with Gasteiger partial charge in [-0.1, -0.05) is 0 Å². The Balaban J connectivity index is 1.47. The van der Waals surface area contributed by atoms with E-state index in [0.29, 0.717) is 30.5 Å². The molecule has 1 aliphatic heterocycles. The van der Waals surface area contributed by atoms with Gasteiger partial charge in [0, 0.05) is 31.4 Å². The van der Waals surface area contributed by atoms with Crippen molar-refractivity contribution >= 4 is 22.4 Å². The second-order valence-corrected chi connectivity index (χ2v) is 7.37. The van der Waals surface area contributed by atoms with Crippen molar-refractivity contribution in [2.24, 2.45) is 0 Å². The van der Waals surface area contributed by atoms with Gasteiger partial charge < -0.3 is 15.8 Å². The Morgan fingerprint density at radius 1 is 1.42 bits per heavy atom. The van der Waals surface area contributed by atoms with E-state index in [0.717, 1.165) is 18.8 Å². The summed E-state index contributed by atoms with van der Waals surface area (Å²) in [6.45, 7) is 6.93. The van der Waals surface area contributed by atoms with Crippen LogP contribution < -0.4 is 11.1 Å². The molecule has 3 N–H and O–H groups in total. The SMILES string of the molecule is C[C@@H]1CN(Cc2nnnn2CC(=O)NCCc2csc(N)n2)C[C@H](C)O1. The zero-order valence-electron chi connectivity index (χ0n) is 15.0. The van der Waals surface area contributed by atoms with Crippen molar-refractivity contribution in [3.05, 3.63) is 16.9 Å². The summed E-state index contributed by atoms with van der Waals surface area (Å²) in [4.78, 5) is 18.6. The van der Waals surface area contributed by atoms with Gasteiger partial charge in [-0.15, -0.1) is 16.4 Å². The van der Waals surface area contributed by atoms with Crippen LogP contribution >= 0.6 is 11.3 Å². The molecular formula is C15H24N8O2S. The third-order valence-corrected chi connectivity index (χ3v) is 4.76. The molecule has 0 bridgehead atoms. The molecule has 0 unspecified atom stereocenters. The summed E-state index contributed by atoms with van der Waals surface area (Å²) >= 11 is 1.40. The number of ether oxygens (including phenoxy) is 1. The average molecular weight is 380 g/mol. The van der Waals surface area contributed by atoms with Crippen LogP contribution in [0.4, 0.5) is 5.13 Å². The minimum atomic E-state index is -0.134. The van der Waals surface area contributed by atoms with Crippen LogP contribution in [-0.4, -0.2) is 67.8 Å². The molecule has 2 aromatic rings. The monoisotopic (exact) mass is 380 g/mol. The Morgan fingerprint density at radius 2 is 2.19 bits per heavy atom. The summed E-state index contributed by atoms with van der Waals surface area (Å²) in [6.07, 6.45) is 0.989. The fourth-order valence-corrected chi connectivity index (χ4v) is 3.63. The predicted molar refractivity (Wildman–Crippen MR) is 96.3 cm³/mol. The number of morpholine rings is 1. The van der Waals surface area contributed by atoms with E-state index < -0.39 is 0 Å². The lowest BCUT2D eigenvalue weighted by atomic mass is 10.2. The zero-order chi connectivity index (χ0) is 18.5. The van der Waals surface area contributed by atoms with E-state index >= 15 is 0 Å². The largest absolute Gasteiger partial charge is 0.375 e. The normalized spacial score (nSPS) is 21.0. The van der Waals surface area contributed by atoms with Gasteiger partial charge in [0.05, 0.1) is 24.4 Å². The summed E-state index contributed by atoms with van der Waals surface area (Å²) in [7, 11) is 0. The van der Waals surface area contributed by atoms with E-state index in [1.807, 2.05) is 5.38 Å². The molecule has 142 valence electrons. The molecule has 3 heterocycles. The zero-order valence-corrected chi connectivity index (χ0v) is 15.8. The molecule has 3 rings (SSSR count). The number of tetrazole rings is 1. The highest BCUT2D eigenvalue weighted by Crippen LogP contribution is 2.13. The van der Waals surface area contributed by atoms with E-state index in [1.54, 1.807) is 4.68 Å². The molecule has 2 atom stereocenters. The maximum Gasteiger partial charge on any atom is 0.241 e. The number of hydrogen-bond acceptors (Lipinski definition) is 9. The minimum absolute atomic E-state index is 0.0942. The average Bonchev–Trinajstić information content (AvgIpc) is 3.16. The number of nitrogens with two attached hydrogens (primary N) is 1. The third-order valence-electron chi connectivity index (χ3n) is 4.03. The summed E-state index contributed by atoms with van der Waals surface area (Å²) in [5.41, 5.74) is 6.47. The highest BCUT2D eigenvalue weighted by molar-refractivity contribution is 7.13. The summed E-state index contributed by atoms with van der Waals surface area (Å²) < 4.78 is 7.28. The van der Waals surface area contributed by atoms with Crippen molar-refractivity contribution < 1.29 is 9.53 Å². The Kier molecular flexibility index (Phi) is 6.12. The predicted octanol–water partition coefficient (Wildman–Crippen LogP) is -0.320. The second-order valence-electron chi connectivity index (χ2n) is 6.48. The lowest BCUT2D eigenvalue weighted by molar-refractivity contribution is -0.121. The van der Waals surface area contributed by atoms with Gasteiger partial charge in [0.2, 0.25) is 5.91 Å². The molecule has 11 heteroatoms. The minimum Gasteiger partial charge on any atom is -0.375 e. The van der Waals surface area contributed by atoms with E-state index in [2.05, 4.69) is 44.6 Å². The first-order valence-corrected chi connectivity index (χ1v) is 9.47. The van der Waals surface area contributed by atoms with Crippen molar-refractivity contribution in [2.45, 2.75) is 45.6 Å². The lowest BCUT2D eigenvalue weighted by Crippen LogP contribution is -2.45. The molecule has 1 aliphatic rings.